The Morgan fingerprint density at radius 2 is 2.00 bits per heavy atom. The van der Waals surface area contributed by atoms with Gasteiger partial charge in [-0.15, -0.1) is 0 Å². The number of H-pyrrole nitrogens is 1. The fourth-order valence-electron chi connectivity index (χ4n) is 1.44. The Kier molecular flexibility index (Phi) is 8.37. The molecule has 20 heavy (non-hydrogen) atoms. The Bertz CT molecular complexity index is 500. The molecule has 0 aromatic carbocycles. The highest BCUT2D eigenvalue weighted by Gasteiger charge is 2.02. The maximum absolute atomic E-state index is 11.3. The van der Waals surface area contributed by atoms with Crippen LogP contribution in [0.15, 0.2) is 34.4 Å². The molecule has 1 aromatic heterocycles. The van der Waals surface area contributed by atoms with E-state index in [1.807, 2.05) is 0 Å². The van der Waals surface area contributed by atoms with Crippen LogP contribution in [0.1, 0.15) is 32.6 Å². The molecule has 0 fully saturated rings. The van der Waals surface area contributed by atoms with Gasteiger partial charge in [0.05, 0.1) is 0 Å². The van der Waals surface area contributed by atoms with Crippen LogP contribution in [0.5, 0.6) is 0 Å². The quantitative estimate of drug-likeness (QED) is 0.328. The number of unbranched alkanes of at least 4 members (excludes halogenated alkanes) is 3. The molecule has 0 saturated heterocycles. The maximum atomic E-state index is 11.3. The Morgan fingerprint density at radius 1 is 1.30 bits per heavy atom. The zero-order valence-corrected chi connectivity index (χ0v) is 13.3. The molecule has 0 saturated carbocycles. The molecule has 0 spiro atoms. The summed E-state index contributed by atoms with van der Waals surface area (Å²) in [5.74, 6) is 1.82. The van der Waals surface area contributed by atoms with E-state index >= 15 is 0 Å². The first-order chi connectivity index (χ1) is 9.59. The molecule has 0 aliphatic heterocycles. The van der Waals surface area contributed by atoms with Gasteiger partial charge in [-0.05, 0) is 25.3 Å². The van der Waals surface area contributed by atoms with E-state index in [4.69, 9.17) is 0 Å². The van der Waals surface area contributed by atoms with E-state index in [2.05, 4.69) is 16.5 Å². The van der Waals surface area contributed by atoms with Crippen LogP contribution in [0, 0.1) is 0 Å². The molecular formula is C14H20N2O2S2. The highest BCUT2D eigenvalue weighted by Crippen LogP contribution is 2.15. The Hall–Kier alpha value is -1.01. The van der Waals surface area contributed by atoms with Crippen LogP contribution in [0.2, 0.25) is 0 Å². The Labute approximate surface area is 127 Å². The normalized spacial score (nSPS) is 10.4. The molecule has 0 amide bonds. The van der Waals surface area contributed by atoms with Crippen molar-refractivity contribution < 1.29 is 4.79 Å². The number of carbonyl (C=O) groups is 1. The van der Waals surface area contributed by atoms with Gasteiger partial charge in [0.2, 0.25) is 5.12 Å². The van der Waals surface area contributed by atoms with Gasteiger partial charge in [0, 0.05) is 23.8 Å². The van der Waals surface area contributed by atoms with Crippen LogP contribution in [0.4, 0.5) is 0 Å². The number of nitrogens with one attached hydrogen (secondary N) is 1. The smallest absolute Gasteiger partial charge is 0.251 e. The van der Waals surface area contributed by atoms with Gasteiger partial charge in [-0.25, -0.2) is 4.98 Å². The zero-order chi connectivity index (χ0) is 14.8. The van der Waals surface area contributed by atoms with Crippen molar-refractivity contribution in [3.8, 4) is 0 Å². The van der Waals surface area contributed by atoms with Crippen LogP contribution in [-0.2, 0) is 4.79 Å². The van der Waals surface area contributed by atoms with Gasteiger partial charge in [0.1, 0.15) is 0 Å². The maximum Gasteiger partial charge on any atom is 0.251 e. The van der Waals surface area contributed by atoms with Crippen LogP contribution < -0.4 is 5.56 Å². The van der Waals surface area contributed by atoms with E-state index in [9.17, 15) is 9.59 Å². The molecule has 0 atom stereocenters. The van der Waals surface area contributed by atoms with Crippen molar-refractivity contribution in [2.24, 2.45) is 0 Å². The number of hydrogen-bond donors (Lipinski definition) is 1. The van der Waals surface area contributed by atoms with E-state index in [-0.39, 0.29) is 10.7 Å². The van der Waals surface area contributed by atoms with E-state index in [1.165, 1.54) is 24.0 Å². The van der Waals surface area contributed by atoms with Crippen molar-refractivity contribution in [2.75, 3.05) is 11.5 Å². The predicted molar refractivity (Wildman–Crippen MR) is 86.3 cm³/mol. The summed E-state index contributed by atoms with van der Waals surface area (Å²) in [4.78, 5) is 29.1. The molecule has 1 N–H and O–H groups in total. The summed E-state index contributed by atoms with van der Waals surface area (Å²) in [6, 6.07) is 1.41. The van der Waals surface area contributed by atoms with Crippen molar-refractivity contribution in [3.63, 3.8) is 0 Å². The fourth-order valence-corrected chi connectivity index (χ4v) is 3.07. The predicted octanol–water partition coefficient (Wildman–Crippen LogP) is 3.26. The molecular weight excluding hydrogens is 292 g/mol. The van der Waals surface area contributed by atoms with Crippen LogP contribution in [0.3, 0.4) is 0 Å². The monoisotopic (exact) mass is 312 g/mol. The largest absolute Gasteiger partial charge is 0.301 e. The first-order valence-corrected chi connectivity index (χ1v) is 8.57. The first kappa shape index (κ1) is 17.0. The minimum Gasteiger partial charge on any atom is -0.301 e. The lowest BCUT2D eigenvalue weighted by atomic mass is 10.2. The number of rotatable bonds is 9. The number of carbonyl (C=O) groups excluding carboxylic acids is 1. The van der Waals surface area contributed by atoms with Crippen molar-refractivity contribution in [3.05, 3.63) is 34.8 Å². The lowest BCUT2D eigenvalue weighted by Crippen LogP contribution is -2.05. The van der Waals surface area contributed by atoms with Gasteiger partial charge in [-0.2, -0.15) is 0 Å². The third-order valence-corrected chi connectivity index (χ3v) is 4.58. The van der Waals surface area contributed by atoms with Gasteiger partial charge in [-0.3, -0.25) is 9.59 Å². The van der Waals surface area contributed by atoms with Crippen LogP contribution in [-0.4, -0.2) is 26.6 Å². The SMILES string of the molecule is C=C(C)C(=O)SCCCCCCSc1nccc(=O)[nH]1. The molecule has 110 valence electrons. The molecule has 0 radical (unpaired) electrons. The molecule has 4 nitrogen and oxygen atoms in total. The summed E-state index contributed by atoms with van der Waals surface area (Å²) < 4.78 is 0. The van der Waals surface area contributed by atoms with Crippen molar-refractivity contribution in [2.45, 2.75) is 37.8 Å². The third-order valence-electron chi connectivity index (χ3n) is 2.51. The lowest BCUT2D eigenvalue weighted by Gasteiger charge is -2.02. The van der Waals surface area contributed by atoms with E-state index < -0.39 is 0 Å². The van der Waals surface area contributed by atoms with Gasteiger partial charge < -0.3 is 4.98 Å². The minimum atomic E-state index is -0.110. The second kappa shape index (κ2) is 9.83. The lowest BCUT2D eigenvalue weighted by molar-refractivity contribution is -0.107. The summed E-state index contributed by atoms with van der Waals surface area (Å²) in [5, 5.41) is 0.778. The molecule has 0 bridgehead atoms. The topological polar surface area (TPSA) is 62.8 Å². The van der Waals surface area contributed by atoms with Crippen molar-refractivity contribution >= 4 is 28.6 Å². The van der Waals surface area contributed by atoms with Gasteiger partial charge in [-0.1, -0.05) is 42.9 Å². The molecule has 1 aromatic rings. The summed E-state index contributed by atoms with van der Waals surface area (Å²) >= 11 is 2.92. The van der Waals surface area contributed by atoms with Gasteiger partial charge in [0.25, 0.3) is 5.56 Å². The molecule has 0 unspecified atom stereocenters. The molecule has 6 heteroatoms. The molecule has 1 heterocycles. The van der Waals surface area contributed by atoms with Crippen molar-refractivity contribution in [1.29, 1.82) is 0 Å². The van der Waals surface area contributed by atoms with Gasteiger partial charge >= 0.3 is 0 Å². The average molecular weight is 312 g/mol. The standard InChI is InChI=1S/C14H20N2O2S2/c1-11(2)13(18)19-9-5-3-4-6-10-20-14-15-8-7-12(17)16-14/h7-8H,1,3-6,9-10H2,2H3,(H,15,16,17). The number of hydrogen-bond acceptors (Lipinski definition) is 5. The summed E-state index contributed by atoms with van der Waals surface area (Å²) in [7, 11) is 0. The third kappa shape index (κ3) is 7.55. The zero-order valence-electron chi connectivity index (χ0n) is 11.7. The van der Waals surface area contributed by atoms with E-state index in [0.29, 0.717) is 10.7 Å². The van der Waals surface area contributed by atoms with Crippen LogP contribution in [0.25, 0.3) is 0 Å². The van der Waals surface area contributed by atoms with E-state index in [1.54, 1.807) is 18.7 Å². The first-order valence-electron chi connectivity index (χ1n) is 6.60. The highest BCUT2D eigenvalue weighted by atomic mass is 32.2. The Morgan fingerprint density at radius 3 is 2.65 bits per heavy atom. The number of aromatic amines is 1. The number of aromatic nitrogens is 2. The summed E-state index contributed by atoms with van der Waals surface area (Å²) in [6.45, 7) is 5.37. The molecule has 1 rings (SSSR count). The highest BCUT2D eigenvalue weighted by molar-refractivity contribution is 8.14. The second-order valence-electron chi connectivity index (χ2n) is 4.42. The molecule has 0 aliphatic rings. The second-order valence-corrected chi connectivity index (χ2v) is 6.57. The average Bonchev–Trinajstić information content (AvgIpc) is 2.41. The Balaban J connectivity index is 1.99. The van der Waals surface area contributed by atoms with Crippen LogP contribution >= 0.6 is 23.5 Å². The number of nitrogens with zero attached hydrogens (tertiary/aromatic N) is 1. The fraction of sp³-hybridized carbons (Fsp3) is 0.500. The van der Waals surface area contributed by atoms with Crippen molar-refractivity contribution in [1.82, 2.24) is 9.97 Å². The summed E-state index contributed by atoms with van der Waals surface area (Å²) in [5.41, 5.74) is 0.512. The van der Waals surface area contributed by atoms with E-state index in [0.717, 1.165) is 37.2 Å². The van der Waals surface area contributed by atoms with Gasteiger partial charge in [0.15, 0.2) is 5.16 Å². The number of thioether (sulfide) groups is 2. The summed E-state index contributed by atoms with van der Waals surface area (Å²) in [6.07, 6.45) is 5.91. The molecule has 0 aliphatic carbocycles. The minimum absolute atomic E-state index is 0.0969.